The first-order chi connectivity index (χ1) is 11.8. The average molecular weight is 347 g/mol. The van der Waals surface area contributed by atoms with Gasteiger partial charge in [-0.05, 0) is 6.42 Å². The van der Waals surface area contributed by atoms with Crippen LogP contribution in [0.25, 0.3) is 11.2 Å². The lowest BCUT2D eigenvalue weighted by Crippen LogP contribution is -2.23. The second-order valence-electron chi connectivity index (χ2n) is 6.51. The highest BCUT2D eigenvalue weighted by Crippen LogP contribution is 2.32. The monoisotopic (exact) mass is 347 g/mol. The number of nitrogens with one attached hydrogen (secondary N) is 2. The van der Waals surface area contributed by atoms with Gasteiger partial charge in [-0.25, -0.2) is 4.98 Å². The van der Waals surface area contributed by atoms with Crippen molar-refractivity contribution in [3.05, 3.63) is 16.7 Å². The van der Waals surface area contributed by atoms with Crippen molar-refractivity contribution in [1.82, 2.24) is 19.5 Å². The summed E-state index contributed by atoms with van der Waals surface area (Å²) >= 11 is 0. The summed E-state index contributed by atoms with van der Waals surface area (Å²) in [5, 5.41) is 2.55. The Kier molecular flexibility index (Phi) is 4.42. The molecule has 2 aromatic heterocycles. The van der Waals surface area contributed by atoms with Crippen LogP contribution in [0.2, 0.25) is 0 Å². The van der Waals surface area contributed by atoms with E-state index in [1.165, 1.54) is 10.9 Å². The molecule has 1 fully saturated rings. The molecule has 9 nitrogen and oxygen atoms in total. The van der Waals surface area contributed by atoms with Crippen LogP contribution in [0.1, 0.15) is 40.3 Å². The number of carbonyl (C=O) groups excluding carboxylic acids is 2. The molecule has 0 bridgehead atoms. The zero-order chi connectivity index (χ0) is 18.3. The number of anilines is 1. The molecule has 1 saturated heterocycles. The Morgan fingerprint density at radius 2 is 2.16 bits per heavy atom. The van der Waals surface area contributed by atoms with E-state index in [1.54, 1.807) is 13.8 Å². The summed E-state index contributed by atoms with van der Waals surface area (Å²) in [7, 11) is 0. The first-order valence-corrected chi connectivity index (χ1v) is 8.30. The second-order valence-corrected chi connectivity index (χ2v) is 6.51. The normalized spacial score (nSPS) is 23.6. The van der Waals surface area contributed by atoms with Crippen LogP contribution in [0.15, 0.2) is 11.1 Å². The first-order valence-electron chi connectivity index (χ1n) is 8.30. The summed E-state index contributed by atoms with van der Waals surface area (Å²) in [5.74, 6) is -0.850. The van der Waals surface area contributed by atoms with Gasteiger partial charge in [-0.1, -0.05) is 27.7 Å². The maximum atomic E-state index is 12.5. The number of carbonyl (C=O) groups is 2. The van der Waals surface area contributed by atoms with Gasteiger partial charge in [-0.2, -0.15) is 4.98 Å². The van der Waals surface area contributed by atoms with E-state index in [-0.39, 0.29) is 46.7 Å². The fourth-order valence-corrected chi connectivity index (χ4v) is 2.83. The zero-order valence-electron chi connectivity index (χ0n) is 14.6. The summed E-state index contributed by atoms with van der Waals surface area (Å²) < 4.78 is 7.27. The second kappa shape index (κ2) is 6.40. The van der Waals surface area contributed by atoms with E-state index in [4.69, 9.17) is 4.74 Å². The topological polar surface area (TPSA) is 119 Å². The molecule has 1 aliphatic heterocycles. The highest BCUT2D eigenvalue weighted by molar-refractivity contribution is 5.91. The van der Waals surface area contributed by atoms with E-state index in [1.807, 2.05) is 13.8 Å². The van der Waals surface area contributed by atoms with E-state index < -0.39 is 11.8 Å². The van der Waals surface area contributed by atoms with Crippen molar-refractivity contribution in [2.45, 2.75) is 46.4 Å². The van der Waals surface area contributed by atoms with Gasteiger partial charge in [0.15, 0.2) is 23.2 Å². The quantitative estimate of drug-likeness (QED) is 0.858. The summed E-state index contributed by atoms with van der Waals surface area (Å²) in [6.07, 6.45) is 1.03. The molecule has 9 heteroatoms. The Balaban J connectivity index is 2.03. The highest BCUT2D eigenvalue weighted by atomic mass is 16.5. The Morgan fingerprint density at radius 1 is 1.44 bits per heavy atom. The number of imidazole rings is 1. The van der Waals surface area contributed by atoms with E-state index >= 15 is 0 Å². The Morgan fingerprint density at radius 3 is 2.76 bits per heavy atom. The van der Waals surface area contributed by atoms with Crippen molar-refractivity contribution in [1.29, 1.82) is 0 Å². The molecular formula is C16H21N5O4. The maximum absolute atomic E-state index is 12.5. The van der Waals surface area contributed by atoms with E-state index in [0.717, 1.165) is 0 Å². The molecule has 2 N–H and O–H groups in total. The van der Waals surface area contributed by atoms with Gasteiger partial charge in [-0.3, -0.25) is 29.3 Å². The number of ketones is 1. The first kappa shape index (κ1) is 17.3. The van der Waals surface area contributed by atoms with Crippen molar-refractivity contribution in [3.8, 4) is 0 Å². The Hall–Kier alpha value is -2.55. The van der Waals surface area contributed by atoms with E-state index in [0.29, 0.717) is 6.42 Å². The third-order valence-corrected chi connectivity index (χ3v) is 4.41. The number of amides is 1. The minimum atomic E-state index is -0.868. The van der Waals surface area contributed by atoms with Gasteiger partial charge in [0.25, 0.3) is 5.56 Å². The van der Waals surface area contributed by atoms with Crippen molar-refractivity contribution in [3.63, 3.8) is 0 Å². The van der Waals surface area contributed by atoms with Crippen molar-refractivity contribution < 1.29 is 14.3 Å². The molecule has 25 heavy (non-hydrogen) atoms. The molecule has 0 aromatic carbocycles. The maximum Gasteiger partial charge on any atom is 0.280 e. The van der Waals surface area contributed by atoms with Gasteiger partial charge in [0, 0.05) is 11.8 Å². The molecule has 3 atom stereocenters. The van der Waals surface area contributed by atoms with Crippen LogP contribution in [0, 0.1) is 11.8 Å². The molecule has 3 heterocycles. The lowest BCUT2D eigenvalue weighted by molar-refractivity contribution is -0.128. The SMILES string of the molecule is CC[C@H]1O[C@@H](n2cnc3c(=O)[nH]c(NC(=O)C(C)C)nc32)C(=O)[C@@H]1C. The van der Waals surface area contributed by atoms with Crippen LogP contribution in [0.4, 0.5) is 5.95 Å². The fourth-order valence-electron chi connectivity index (χ4n) is 2.83. The third kappa shape index (κ3) is 2.95. The van der Waals surface area contributed by atoms with E-state index in [9.17, 15) is 14.4 Å². The van der Waals surface area contributed by atoms with Crippen LogP contribution in [0.5, 0.6) is 0 Å². The highest BCUT2D eigenvalue weighted by Gasteiger charge is 2.41. The summed E-state index contributed by atoms with van der Waals surface area (Å²) in [6, 6.07) is 0. The lowest BCUT2D eigenvalue weighted by Gasteiger charge is -2.13. The molecule has 0 radical (unpaired) electrons. The number of rotatable bonds is 4. The van der Waals surface area contributed by atoms with Gasteiger partial charge in [0.2, 0.25) is 11.9 Å². The molecular weight excluding hydrogens is 326 g/mol. The predicted molar refractivity (Wildman–Crippen MR) is 90.0 cm³/mol. The van der Waals surface area contributed by atoms with Crippen molar-refractivity contribution >= 4 is 28.8 Å². The lowest BCUT2D eigenvalue weighted by atomic mass is 10.0. The summed E-state index contributed by atoms with van der Waals surface area (Å²) in [5.41, 5.74) is -0.204. The van der Waals surface area contributed by atoms with Gasteiger partial charge in [-0.15, -0.1) is 0 Å². The predicted octanol–water partition coefficient (Wildman–Crippen LogP) is 1.23. The molecule has 0 saturated carbocycles. The Bertz CT molecular complexity index is 884. The molecule has 3 rings (SSSR count). The molecule has 0 aliphatic carbocycles. The van der Waals surface area contributed by atoms with Crippen LogP contribution < -0.4 is 10.9 Å². The number of hydrogen-bond donors (Lipinski definition) is 2. The van der Waals surface area contributed by atoms with Crippen molar-refractivity contribution in [2.24, 2.45) is 11.8 Å². The van der Waals surface area contributed by atoms with Crippen LogP contribution >= 0.6 is 0 Å². The Labute approximate surface area is 143 Å². The number of aromatic nitrogens is 4. The minimum Gasteiger partial charge on any atom is -0.346 e. The van der Waals surface area contributed by atoms with Gasteiger partial charge >= 0.3 is 0 Å². The number of fused-ring (bicyclic) bond motifs is 1. The standard InChI is InChI=1S/C16H21N5O4/c1-5-9-8(4)11(22)15(25-9)21-6-17-10-12(21)18-16(20-14(10)24)19-13(23)7(2)3/h6-9,15H,5H2,1-4H3,(H2,18,19,20,23,24)/t8-,9-,15-/m1/s1. The van der Waals surface area contributed by atoms with E-state index in [2.05, 4.69) is 20.3 Å². The molecule has 0 spiro atoms. The van der Waals surface area contributed by atoms with Gasteiger partial charge < -0.3 is 4.74 Å². The van der Waals surface area contributed by atoms with Gasteiger partial charge in [0.1, 0.15) is 0 Å². The summed E-state index contributed by atoms with van der Waals surface area (Å²) in [4.78, 5) is 47.3. The van der Waals surface area contributed by atoms with Crippen LogP contribution in [-0.2, 0) is 14.3 Å². The molecule has 2 aromatic rings. The number of nitrogens with zero attached hydrogens (tertiary/aromatic N) is 3. The smallest absolute Gasteiger partial charge is 0.280 e. The van der Waals surface area contributed by atoms with Crippen LogP contribution in [-0.4, -0.2) is 37.3 Å². The number of ether oxygens (including phenoxy) is 1. The molecule has 134 valence electrons. The average Bonchev–Trinajstić information content (AvgIpc) is 3.10. The molecule has 1 aliphatic rings. The van der Waals surface area contributed by atoms with Crippen LogP contribution in [0.3, 0.4) is 0 Å². The minimum absolute atomic E-state index is 0.0171. The fraction of sp³-hybridized carbons (Fsp3) is 0.562. The number of hydrogen-bond acceptors (Lipinski definition) is 6. The number of Topliss-reactive ketones (excluding diaryl/α,β-unsaturated/α-hetero) is 1. The molecule has 1 amide bonds. The van der Waals surface area contributed by atoms with Crippen molar-refractivity contribution in [2.75, 3.05) is 5.32 Å². The largest absolute Gasteiger partial charge is 0.346 e. The summed E-state index contributed by atoms with van der Waals surface area (Å²) in [6.45, 7) is 7.23. The zero-order valence-corrected chi connectivity index (χ0v) is 14.6. The number of H-pyrrole nitrogens is 1. The van der Waals surface area contributed by atoms with Gasteiger partial charge in [0.05, 0.1) is 12.4 Å². The number of aromatic amines is 1. The molecule has 0 unspecified atom stereocenters. The third-order valence-electron chi connectivity index (χ3n) is 4.41.